The second-order valence-corrected chi connectivity index (χ2v) is 7.54. The topological polar surface area (TPSA) is 94.4 Å². The fourth-order valence-corrected chi connectivity index (χ4v) is 3.34. The van der Waals surface area contributed by atoms with Crippen LogP contribution in [0.5, 0.6) is 0 Å². The van der Waals surface area contributed by atoms with Crippen LogP contribution >= 0.6 is 0 Å². The van der Waals surface area contributed by atoms with E-state index in [1.165, 1.54) is 6.20 Å². The van der Waals surface area contributed by atoms with Gasteiger partial charge in [0.2, 0.25) is 0 Å². The molecule has 0 radical (unpaired) electrons. The molecule has 0 spiro atoms. The smallest absolute Gasteiger partial charge is 0.407 e. The second-order valence-electron chi connectivity index (χ2n) is 7.54. The highest BCUT2D eigenvalue weighted by molar-refractivity contribution is 5.68. The van der Waals surface area contributed by atoms with Gasteiger partial charge in [-0.2, -0.15) is 0 Å². The van der Waals surface area contributed by atoms with Gasteiger partial charge in [-0.15, -0.1) is 0 Å². The molecule has 1 aromatic heterocycles. The summed E-state index contributed by atoms with van der Waals surface area (Å²) in [4.78, 5) is 26.7. The van der Waals surface area contributed by atoms with E-state index < -0.39 is 16.6 Å². The van der Waals surface area contributed by atoms with Crippen molar-refractivity contribution < 1.29 is 14.5 Å². The van der Waals surface area contributed by atoms with Gasteiger partial charge in [-0.1, -0.05) is 6.92 Å². The lowest BCUT2D eigenvalue weighted by atomic mass is 9.76. The van der Waals surface area contributed by atoms with Crippen molar-refractivity contribution in [2.45, 2.75) is 64.5 Å². The van der Waals surface area contributed by atoms with Crippen LogP contribution < -0.4 is 5.32 Å². The maximum Gasteiger partial charge on any atom is 0.407 e. The van der Waals surface area contributed by atoms with Gasteiger partial charge in [0.1, 0.15) is 11.8 Å². The summed E-state index contributed by atoms with van der Waals surface area (Å²) >= 11 is 0. The number of hydrogen-bond donors (Lipinski definition) is 1. The van der Waals surface area contributed by atoms with Crippen molar-refractivity contribution in [3.8, 4) is 0 Å². The zero-order chi connectivity index (χ0) is 17.9. The second kappa shape index (κ2) is 7.15. The zero-order valence-corrected chi connectivity index (χ0v) is 14.6. The van der Waals surface area contributed by atoms with Crippen LogP contribution in [-0.2, 0) is 4.74 Å². The molecule has 0 aliphatic heterocycles. The Hall–Kier alpha value is -2.18. The number of carbonyl (C=O) groups is 1. The summed E-state index contributed by atoms with van der Waals surface area (Å²) in [5.41, 5.74) is 0.193. The van der Waals surface area contributed by atoms with Gasteiger partial charge in [0, 0.05) is 17.8 Å². The predicted molar refractivity (Wildman–Crippen MR) is 89.8 cm³/mol. The molecule has 0 aromatic carbocycles. The first-order valence-corrected chi connectivity index (χ1v) is 8.23. The maximum absolute atomic E-state index is 12.0. The molecule has 0 unspecified atom stereocenters. The molecule has 24 heavy (non-hydrogen) atoms. The molecular weight excluding hydrogens is 310 g/mol. The largest absolute Gasteiger partial charge is 0.444 e. The normalized spacial score (nSPS) is 24.2. The number of ether oxygens (including phenoxy) is 1. The minimum absolute atomic E-state index is 0.0251. The van der Waals surface area contributed by atoms with Crippen LogP contribution in [0.15, 0.2) is 18.5 Å². The number of amides is 1. The van der Waals surface area contributed by atoms with Crippen molar-refractivity contribution >= 4 is 11.8 Å². The summed E-state index contributed by atoms with van der Waals surface area (Å²) in [6, 6.07) is 1.66. The highest BCUT2D eigenvalue weighted by Crippen LogP contribution is 2.39. The Kier molecular flexibility index (Phi) is 5.41. The molecule has 1 N–H and O–H groups in total. The summed E-state index contributed by atoms with van der Waals surface area (Å²) in [6.45, 7) is 7.56. The number of pyridine rings is 1. The number of aromatic nitrogens is 1. The van der Waals surface area contributed by atoms with E-state index in [0.717, 1.165) is 12.8 Å². The van der Waals surface area contributed by atoms with E-state index in [9.17, 15) is 14.9 Å². The Balaban J connectivity index is 2.11. The Bertz CT molecular complexity index is 612. The van der Waals surface area contributed by atoms with Gasteiger partial charge in [-0.3, -0.25) is 15.1 Å². The SMILES string of the molecule is C[C@@H]1C[C@H](NC(=O)OC(C)(C)C)C[C@H](c2ccncc2[N+](=O)[O-])C1. The molecule has 0 saturated heterocycles. The first-order valence-electron chi connectivity index (χ1n) is 8.23. The van der Waals surface area contributed by atoms with Crippen molar-refractivity contribution in [1.29, 1.82) is 0 Å². The van der Waals surface area contributed by atoms with Gasteiger partial charge in [0.25, 0.3) is 5.69 Å². The van der Waals surface area contributed by atoms with E-state index in [0.29, 0.717) is 17.9 Å². The lowest BCUT2D eigenvalue weighted by molar-refractivity contribution is -0.386. The molecule has 7 heteroatoms. The van der Waals surface area contributed by atoms with Gasteiger partial charge < -0.3 is 10.1 Å². The van der Waals surface area contributed by atoms with E-state index in [2.05, 4.69) is 17.2 Å². The van der Waals surface area contributed by atoms with Crippen molar-refractivity contribution in [3.05, 3.63) is 34.1 Å². The number of carbonyl (C=O) groups excluding carboxylic acids is 1. The minimum Gasteiger partial charge on any atom is -0.444 e. The summed E-state index contributed by atoms with van der Waals surface area (Å²) in [5, 5.41) is 14.1. The molecule has 132 valence electrons. The van der Waals surface area contributed by atoms with Crippen LogP contribution in [0.1, 0.15) is 58.4 Å². The Morgan fingerprint density at radius 1 is 1.38 bits per heavy atom. The lowest BCUT2D eigenvalue weighted by Crippen LogP contribution is -2.42. The summed E-state index contributed by atoms with van der Waals surface area (Å²) in [7, 11) is 0. The third-order valence-electron chi connectivity index (χ3n) is 4.13. The average Bonchev–Trinajstić information content (AvgIpc) is 2.44. The number of alkyl carbamates (subject to hydrolysis) is 1. The highest BCUT2D eigenvalue weighted by Gasteiger charge is 2.32. The molecule has 1 heterocycles. The summed E-state index contributed by atoms with van der Waals surface area (Å²) < 4.78 is 5.31. The van der Waals surface area contributed by atoms with Gasteiger partial charge in [0.05, 0.1) is 4.92 Å². The fourth-order valence-electron chi connectivity index (χ4n) is 3.34. The van der Waals surface area contributed by atoms with E-state index in [-0.39, 0.29) is 17.6 Å². The average molecular weight is 335 g/mol. The molecule has 2 rings (SSSR count). The minimum atomic E-state index is -0.548. The molecule has 1 aromatic rings. The molecule has 7 nitrogen and oxygen atoms in total. The first kappa shape index (κ1) is 18.2. The van der Waals surface area contributed by atoms with Crippen molar-refractivity contribution in [2.24, 2.45) is 5.92 Å². The first-order chi connectivity index (χ1) is 11.2. The van der Waals surface area contributed by atoms with Crippen molar-refractivity contribution in [2.75, 3.05) is 0 Å². The zero-order valence-electron chi connectivity index (χ0n) is 14.6. The van der Waals surface area contributed by atoms with Crippen LogP contribution in [0.25, 0.3) is 0 Å². The highest BCUT2D eigenvalue weighted by atomic mass is 16.6. The maximum atomic E-state index is 12.0. The van der Waals surface area contributed by atoms with Gasteiger partial charge in [-0.25, -0.2) is 4.79 Å². The molecule has 1 amide bonds. The molecule has 0 bridgehead atoms. The van der Waals surface area contributed by atoms with Crippen molar-refractivity contribution in [3.63, 3.8) is 0 Å². The molecular formula is C17H25N3O4. The number of nitrogens with one attached hydrogen (secondary N) is 1. The van der Waals surface area contributed by atoms with E-state index in [1.54, 1.807) is 12.3 Å². The standard InChI is InChI=1S/C17H25N3O4/c1-11-7-12(14-5-6-18-10-15(14)20(22)23)9-13(8-11)19-16(21)24-17(2,3)4/h5-6,10-13H,7-9H2,1-4H3,(H,19,21)/t11-,12+,13-/m0/s1. The van der Waals surface area contributed by atoms with E-state index in [4.69, 9.17) is 4.74 Å². The van der Waals surface area contributed by atoms with Crippen LogP contribution in [0, 0.1) is 16.0 Å². The Labute approximate surface area is 142 Å². The van der Waals surface area contributed by atoms with Crippen LogP contribution in [0.3, 0.4) is 0 Å². The summed E-state index contributed by atoms with van der Waals surface area (Å²) in [6.07, 6.45) is 4.80. The van der Waals surface area contributed by atoms with Crippen LogP contribution in [0.4, 0.5) is 10.5 Å². The van der Waals surface area contributed by atoms with Crippen molar-refractivity contribution in [1.82, 2.24) is 10.3 Å². The predicted octanol–water partition coefficient (Wildman–Crippen LogP) is 3.79. The van der Waals surface area contributed by atoms with Gasteiger partial charge >= 0.3 is 6.09 Å². The lowest BCUT2D eigenvalue weighted by Gasteiger charge is -2.34. The molecule has 1 saturated carbocycles. The fraction of sp³-hybridized carbons (Fsp3) is 0.647. The van der Waals surface area contributed by atoms with Gasteiger partial charge in [0.15, 0.2) is 0 Å². The van der Waals surface area contributed by atoms with E-state index in [1.807, 2.05) is 20.8 Å². The third-order valence-corrected chi connectivity index (χ3v) is 4.13. The molecule has 1 fully saturated rings. The Morgan fingerprint density at radius 2 is 2.08 bits per heavy atom. The number of nitro groups is 1. The Morgan fingerprint density at radius 3 is 2.71 bits per heavy atom. The monoisotopic (exact) mass is 335 g/mol. The molecule has 1 aliphatic carbocycles. The summed E-state index contributed by atoms with van der Waals surface area (Å²) in [5.74, 6) is 0.383. The number of rotatable bonds is 3. The van der Waals surface area contributed by atoms with Crippen LogP contribution in [0.2, 0.25) is 0 Å². The number of nitrogens with zero attached hydrogens (tertiary/aromatic N) is 2. The molecule has 3 atom stereocenters. The molecule has 1 aliphatic rings. The quantitative estimate of drug-likeness (QED) is 0.670. The van der Waals surface area contributed by atoms with E-state index >= 15 is 0 Å². The number of hydrogen-bond acceptors (Lipinski definition) is 5. The van der Waals surface area contributed by atoms with Crippen LogP contribution in [-0.4, -0.2) is 27.6 Å². The third kappa shape index (κ3) is 4.91. The van der Waals surface area contributed by atoms with Gasteiger partial charge in [-0.05, 0) is 57.9 Å².